The minimum atomic E-state index is -0.663. The van der Waals surface area contributed by atoms with E-state index in [2.05, 4.69) is 29.3 Å². The van der Waals surface area contributed by atoms with E-state index in [4.69, 9.17) is 5.73 Å². The largest absolute Gasteiger partial charge is 0.324 e. The van der Waals surface area contributed by atoms with Gasteiger partial charge in [-0.15, -0.1) is 24.8 Å². The molecule has 1 fully saturated rings. The summed E-state index contributed by atoms with van der Waals surface area (Å²) in [4.78, 5) is 14.9. The number of hydrogen-bond donors (Lipinski definition) is 2. The van der Waals surface area contributed by atoms with Gasteiger partial charge >= 0.3 is 0 Å². The number of carbonyl (C=O) groups is 1. The summed E-state index contributed by atoms with van der Waals surface area (Å²) in [7, 11) is 0. The molecule has 28 heavy (non-hydrogen) atoms. The Labute approximate surface area is 180 Å². The summed E-state index contributed by atoms with van der Waals surface area (Å²) in [6, 6.07) is 15.8. The lowest BCUT2D eigenvalue weighted by molar-refractivity contribution is -0.117. The Hall–Kier alpha value is -1.59. The summed E-state index contributed by atoms with van der Waals surface area (Å²) < 4.78 is 0. The lowest BCUT2D eigenvalue weighted by Gasteiger charge is -2.33. The van der Waals surface area contributed by atoms with Crippen molar-refractivity contribution in [1.29, 1.82) is 0 Å². The van der Waals surface area contributed by atoms with Gasteiger partial charge in [0.25, 0.3) is 0 Å². The van der Waals surface area contributed by atoms with Crippen LogP contribution in [0.4, 0.5) is 5.69 Å². The van der Waals surface area contributed by atoms with Crippen molar-refractivity contribution in [3.05, 3.63) is 65.2 Å². The van der Waals surface area contributed by atoms with Crippen molar-refractivity contribution in [1.82, 2.24) is 4.90 Å². The summed E-state index contributed by atoms with van der Waals surface area (Å²) >= 11 is 0. The van der Waals surface area contributed by atoms with E-state index in [0.29, 0.717) is 6.04 Å². The van der Waals surface area contributed by atoms with E-state index in [1.54, 1.807) is 0 Å². The van der Waals surface area contributed by atoms with Crippen molar-refractivity contribution in [3.8, 4) is 0 Å². The van der Waals surface area contributed by atoms with Crippen LogP contribution in [0.1, 0.15) is 48.9 Å². The van der Waals surface area contributed by atoms with E-state index in [1.165, 1.54) is 31.4 Å². The number of piperidine rings is 1. The van der Waals surface area contributed by atoms with Crippen LogP contribution in [0.25, 0.3) is 0 Å². The van der Waals surface area contributed by atoms with Crippen molar-refractivity contribution in [2.75, 3.05) is 11.9 Å². The van der Waals surface area contributed by atoms with Gasteiger partial charge in [-0.2, -0.15) is 0 Å². The molecule has 154 valence electrons. The van der Waals surface area contributed by atoms with Crippen LogP contribution in [0.2, 0.25) is 0 Å². The van der Waals surface area contributed by atoms with E-state index < -0.39 is 6.04 Å². The Morgan fingerprint density at radius 1 is 1.11 bits per heavy atom. The molecule has 2 unspecified atom stereocenters. The average molecular weight is 424 g/mol. The van der Waals surface area contributed by atoms with Crippen molar-refractivity contribution < 1.29 is 4.79 Å². The van der Waals surface area contributed by atoms with Gasteiger partial charge in [0.15, 0.2) is 0 Å². The Morgan fingerprint density at radius 3 is 2.36 bits per heavy atom. The van der Waals surface area contributed by atoms with Gasteiger partial charge in [0.1, 0.15) is 6.04 Å². The van der Waals surface area contributed by atoms with Crippen LogP contribution in [0.5, 0.6) is 0 Å². The third-order valence-corrected chi connectivity index (χ3v) is 5.27. The maximum absolute atomic E-state index is 12.4. The molecule has 1 saturated heterocycles. The summed E-state index contributed by atoms with van der Waals surface area (Å²) in [6.45, 7) is 6.46. The molecule has 0 aromatic heterocycles. The Balaban J connectivity index is 0.00000196. The van der Waals surface area contributed by atoms with Gasteiger partial charge in [0.2, 0.25) is 5.91 Å². The lowest BCUT2D eigenvalue weighted by atomic mass is 10.0. The van der Waals surface area contributed by atoms with E-state index in [1.807, 2.05) is 43.3 Å². The van der Waals surface area contributed by atoms with E-state index >= 15 is 0 Å². The van der Waals surface area contributed by atoms with Gasteiger partial charge < -0.3 is 11.1 Å². The van der Waals surface area contributed by atoms with Crippen LogP contribution in [-0.4, -0.2) is 23.4 Å². The minimum absolute atomic E-state index is 0. The number of aryl methyl sites for hydroxylation is 1. The molecule has 6 heteroatoms. The monoisotopic (exact) mass is 423 g/mol. The number of rotatable bonds is 5. The molecule has 2 aromatic rings. The maximum atomic E-state index is 12.4. The molecule has 1 heterocycles. The van der Waals surface area contributed by atoms with Crippen LogP contribution in [0.3, 0.4) is 0 Å². The van der Waals surface area contributed by atoms with Gasteiger partial charge in [-0.3, -0.25) is 9.69 Å². The van der Waals surface area contributed by atoms with Crippen LogP contribution in [-0.2, 0) is 11.3 Å². The highest BCUT2D eigenvalue weighted by atomic mass is 35.5. The first kappa shape index (κ1) is 24.4. The molecule has 2 aromatic carbocycles. The molecular formula is C22H31Cl2N3O. The van der Waals surface area contributed by atoms with Crippen molar-refractivity contribution in [2.45, 2.75) is 51.7 Å². The summed E-state index contributed by atoms with van der Waals surface area (Å²) in [5.74, 6) is -0.189. The molecule has 0 radical (unpaired) electrons. The van der Waals surface area contributed by atoms with Crippen LogP contribution < -0.4 is 11.1 Å². The topological polar surface area (TPSA) is 58.4 Å². The van der Waals surface area contributed by atoms with Gasteiger partial charge in [0.05, 0.1) is 0 Å². The van der Waals surface area contributed by atoms with E-state index in [0.717, 1.165) is 23.4 Å². The van der Waals surface area contributed by atoms with Crippen molar-refractivity contribution in [2.24, 2.45) is 5.73 Å². The number of hydrogen-bond acceptors (Lipinski definition) is 3. The SMILES string of the molecule is Cc1ccc(C(N)C(=O)Nc2ccc(CN3CCCCC3C)cc2)cc1.Cl.Cl. The molecule has 0 spiro atoms. The minimum Gasteiger partial charge on any atom is -0.324 e. The first-order chi connectivity index (χ1) is 12.5. The lowest BCUT2D eigenvalue weighted by Crippen LogP contribution is -2.36. The molecule has 1 aliphatic heterocycles. The highest BCUT2D eigenvalue weighted by Gasteiger charge is 2.18. The third-order valence-electron chi connectivity index (χ3n) is 5.27. The second-order valence-corrected chi connectivity index (χ2v) is 7.39. The van der Waals surface area contributed by atoms with Gasteiger partial charge in [0, 0.05) is 18.3 Å². The Kier molecular flexibility index (Phi) is 9.97. The summed E-state index contributed by atoms with van der Waals surface area (Å²) in [5.41, 5.74) is 10.1. The number of likely N-dealkylation sites (tertiary alicyclic amines) is 1. The van der Waals surface area contributed by atoms with Crippen LogP contribution in [0, 0.1) is 6.92 Å². The molecule has 4 nitrogen and oxygen atoms in total. The fourth-order valence-electron chi connectivity index (χ4n) is 3.47. The van der Waals surface area contributed by atoms with Gasteiger partial charge in [-0.1, -0.05) is 48.4 Å². The fourth-order valence-corrected chi connectivity index (χ4v) is 3.47. The first-order valence-corrected chi connectivity index (χ1v) is 9.49. The van der Waals surface area contributed by atoms with Gasteiger partial charge in [-0.05, 0) is 56.5 Å². The number of anilines is 1. The van der Waals surface area contributed by atoms with Crippen LogP contribution >= 0.6 is 24.8 Å². The fraction of sp³-hybridized carbons (Fsp3) is 0.409. The first-order valence-electron chi connectivity index (χ1n) is 9.49. The zero-order chi connectivity index (χ0) is 18.5. The smallest absolute Gasteiger partial charge is 0.245 e. The van der Waals surface area contributed by atoms with Crippen molar-refractivity contribution >= 4 is 36.4 Å². The second kappa shape index (κ2) is 11.4. The molecule has 0 aliphatic carbocycles. The zero-order valence-corrected chi connectivity index (χ0v) is 18.2. The molecule has 1 amide bonds. The summed E-state index contributed by atoms with van der Waals surface area (Å²) in [5, 5.41) is 2.92. The predicted octanol–water partition coefficient (Wildman–Crippen LogP) is 4.85. The molecule has 2 atom stereocenters. The second-order valence-electron chi connectivity index (χ2n) is 7.39. The number of amides is 1. The predicted molar refractivity (Wildman–Crippen MR) is 121 cm³/mol. The Morgan fingerprint density at radius 2 is 1.75 bits per heavy atom. The molecule has 0 saturated carbocycles. The molecule has 3 rings (SSSR count). The standard InChI is InChI=1S/C22H29N3O.2ClH/c1-16-6-10-19(11-7-16)21(23)22(26)24-20-12-8-18(9-13-20)15-25-14-4-3-5-17(25)2;;/h6-13,17,21H,3-5,14-15,23H2,1-2H3,(H,24,26);2*1H. The highest BCUT2D eigenvalue weighted by Crippen LogP contribution is 2.20. The summed E-state index contributed by atoms with van der Waals surface area (Å²) in [6.07, 6.45) is 3.91. The van der Waals surface area contributed by atoms with Gasteiger partial charge in [-0.25, -0.2) is 0 Å². The number of benzene rings is 2. The van der Waals surface area contributed by atoms with E-state index in [-0.39, 0.29) is 30.7 Å². The Bertz CT molecular complexity index is 734. The number of nitrogens with zero attached hydrogens (tertiary/aromatic N) is 1. The van der Waals surface area contributed by atoms with E-state index in [9.17, 15) is 4.79 Å². The number of halogens is 2. The zero-order valence-electron chi connectivity index (χ0n) is 16.6. The average Bonchev–Trinajstić information content (AvgIpc) is 2.65. The third kappa shape index (κ3) is 6.49. The van der Waals surface area contributed by atoms with Crippen molar-refractivity contribution in [3.63, 3.8) is 0 Å². The molecule has 0 bridgehead atoms. The number of nitrogens with one attached hydrogen (secondary N) is 1. The number of carbonyl (C=O) groups excluding carboxylic acids is 1. The maximum Gasteiger partial charge on any atom is 0.245 e. The molecular weight excluding hydrogens is 393 g/mol. The number of nitrogens with two attached hydrogens (primary N) is 1. The molecule has 1 aliphatic rings. The van der Waals surface area contributed by atoms with Crippen LogP contribution in [0.15, 0.2) is 48.5 Å². The normalized spacial score (nSPS) is 17.8. The quantitative estimate of drug-likeness (QED) is 0.721. The highest BCUT2D eigenvalue weighted by molar-refractivity contribution is 5.95. The molecule has 3 N–H and O–H groups in total.